The van der Waals surface area contributed by atoms with E-state index in [0.29, 0.717) is 0 Å². The van der Waals surface area contributed by atoms with Crippen LogP contribution < -0.4 is 0 Å². The molecule has 76 valence electrons. The molecule has 2 heterocycles. The maximum Gasteiger partial charge on any atom is 0.243 e. The number of nitrogens with zero attached hydrogens (tertiary/aromatic N) is 2. The first-order valence-electron chi connectivity index (χ1n) is 4.56. The van der Waals surface area contributed by atoms with E-state index >= 15 is 0 Å². The second-order valence-corrected chi connectivity index (χ2v) is 3.35. The molecule has 0 fully saturated rings. The van der Waals surface area contributed by atoms with Gasteiger partial charge in [-0.05, 0) is 23.8 Å². The van der Waals surface area contributed by atoms with Crippen molar-refractivity contribution < 1.29 is 4.92 Å². The van der Waals surface area contributed by atoms with Gasteiger partial charge in [-0.25, -0.2) is 0 Å². The van der Waals surface area contributed by atoms with Gasteiger partial charge in [-0.15, -0.1) is 0 Å². The summed E-state index contributed by atoms with van der Waals surface area (Å²) in [6.45, 7) is 1.49. The number of hydrogen-bond acceptors (Lipinski definition) is 2. The van der Waals surface area contributed by atoms with Gasteiger partial charge in [0.05, 0.1) is 4.92 Å². The molecule has 0 saturated carbocycles. The van der Waals surface area contributed by atoms with Gasteiger partial charge in [0.25, 0.3) is 0 Å². The van der Waals surface area contributed by atoms with E-state index in [1.54, 1.807) is 6.08 Å². The number of allylic oxidation sites excluding steroid dienone is 1. The van der Waals surface area contributed by atoms with E-state index in [9.17, 15) is 10.1 Å². The average molecular weight is 202 g/mol. The van der Waals surface area contributed by atoms with Crippen LogP contribution in [0.2, 0.25) is 0 Å². The molecule has 4 heteroatoms. The quantitative estimate of drug-likeness (QED) is 0.555. The fourth-order valence-corrected chi connectivity index (χ4v) is 1.43. The van der Waals surface area contributed by atoms with Crippen LogP contribution in [0, 0.1) is 10.1 Å². The van der Waals surface area contributed by atoms with Gasteiger partial charge in [0, 0.05) is 30.9 Å². The average Bonchev–Trinajstić information content (AvgIpc) is 2.64. The van der Waals surface area contributed by atoms with E-state index in [2.05, 4.69) is 0 Å². The molecule has 0 radical (unpaired) electrons. The van der Waals surface area contributed by atoms with Gasteiger partial charge < -0.3 is 4.40 Å². The largest absolute Gasteiger partial charge is 0.323 e. The first kappa shape index (κ1) is 9.45. The van der Waals surface area contributed by atoms with Crippen molar-refractivity contribution >= 4 is 11.6 Å². The van der Waals surface area contributed by atoms with Gasteiger partial charge in [0.1, 0.15) is 0 Å². The summed E-state index contributed by atoms with van der Waals surface area (Å²) >= 11 is 0. The van der Waals surface area contributed by atoms with Crippen LogP contribution in [0.25, 0.3) is 11.6 Å². The normalized spacial score (nSPS) is 11.9. The van der Waals surface area contributed by atoms with E-state index in [1.807, 2.05) is 41.1 Å². The molecule has 0 spiro atoms. The van der Waals surface area contributed by atoms with Gasteiger partial charge >= 0.3 is 0 Å². The Morgan fingerprint density at radius 1 is 1.47 bits per heavy atom. The first-order valence-corrected chi connectivity index (χ1v) is 4.56. The maximum absolute atomic E-state index is 10.4. The molecule has 0 unspecified atom stereocenters. The van der Waals surface area contributed by atoms with Crippen molar-refractivity contribution in [2.75, 3.05) is 0 Å². The van der Waals surface area contributed by atoms with Crippen molar-refractivity contribution in [3.8, 4) is 0 Å². The minimum absolute atomic E-state index is 0.140. The molecule has 2 aromatic heterocycles. The molecule has 2 rings (SSSR count). The first-order chi connectivity index (χ1) is 7.16. The molecule has 0 aliphatic heterocycles. The molecule has 2 aromatic rings. The number of pyridine rings is 1. The Hall–Kier alpha value is -2.10. The van der Waals surface area contributed by atoms with Crippen molar-refractivity contribution in [3.05, 3.63) is 58.0 Å². The molecule has 0 amide bonds. The van der Waals surface area contributed by atoms with Crippen LogP contribution in [-0.4, -0.2) is 9.32 Å². The topological polar surface area (TPSA) is 47.5 Å². The minimum atomic E-state index is -0.389. The summed E-state index contributed by atoms with van der Waals surface area (Å²) in [5.74, 6) is 0. The number of rotatable bonds is 2. The molecule has 0 bridgehead atoms. The van der Waals surface area contributed by atoms with Gasteiger partial charge in [-0.2, -0.15) is 0 Å². The lowest BCUT2D eigenvalue weighted by atomic mass is 10.2. The standard InChI is InChI=1S/C11H10N2O2/c1-9(13(14)15)7-10-4-5-11-3-2-6-12(11)8-10/h2-8H,1H3/b9-7+. The third-order valence-corrected chi connectivity index (χ3v) is 2.21. The highest BCUT2D eigenvalue weighted by molar-refractivity contribution is 5.56. The summed E-state index contributed by atoms with van der Waals surface area (Å²) in [6.07, 6.45) is 5.33. The second-order valence-electron chi connectivity index (χ2n) is 3.35. The monoisotopic (exact) mass is 202 g/mol. The Balaban J connectivity index is 2.44. The zero-order valence-electron chi connectivity index (χ0n) is 8.25. The third kappa shape index (κ3) is 1.88. The smallest absolute Gasteiger partial charge is 0.243 e. The van der Waals surface area contributed by atoms with Crippen LogP contribution in [0.4, 0.5) is 0 Å². The van der Waals surface area contributed by atoms with Crippen molar-refractivity contribution in [2.24, 2.45) is 0 Å². The summed E-state index contributed by atoms with van der Waals surface area (Å²) in [5, 5.41) is 10.4. The summed E-state index contributed by atoms with van der Waals surface area (Å²) in [5.41, 5.74) is 2.04. The fourth-order valence-electron chi connectivity index (χ4n) is 1.43. The minimum Gasteiger partial charge on any atom is -0.323 e. The Labute approximate surface area is 86.6 Å². The highest BCUT2D eigenvalue weighted by Gasteiger charge is 2.02. The molecular weight excluding hydrogens is 192 g/mol. The lowest BCUT2D eigenvalue weighted by Crippen LogP contribution is -1.93. The Morgan fingerprint density at radius 2 is 2.27 bits per heavy atom. The van der Waals surface area contributed by atoms with E-state index in [-0.39, 0.29) is 10.6 Å². The third-order valence-electron chi connectivity index (χ3n) is 2.21. The van der Waals surface area contributed by atoms with Crippen molar-refractivity contribution in [2.45, 2.75) is 6.92 Å². The summed E-state index contributed by atoms with van der Waals surface area (Å²) in [6, 6.07) is 7.71. The van der Waals surface area contributed by atoms with Crippen LogP contribution in [-0.2, 0) is 0 Å². The Kier molecular flexibility index (Phi) is 2.25. The summed E-state index contributed by atoms with van der Waals surface area (Å²) < 4.78 is 1.93. The molecular formula is C11H10N2O2. The van der Waals surface area contributed by atoms with E-state index in [4.69, 9.17) is 0 Å². The van der Waals surface area contributed by atoms with Crippen molar-refractivity contribution in [3.63, 3.8) is 0 Å². The zero-order chi connectivity index (χ0) is 10.8. The van der Waals surface area contributed by atoms with Crippen LogP contribution in [0.3, 0.4) is 0 Å². The number of nitro groups is 1. The molecule has 0 aliphatic carbocycles. The Morgan fingerprint density at radius 3 is 3.00 bits per heavy atom. The number of aromatic nitrogens is 1. The molecule has 0 atom stereocenters. The lowest BCUT2D eigenvalue weighted by molar-refractivity contribution is -0.422. The summed E-state index contributed by atoms with van der Waals surface area (Å²) in [4.78, 5) is 10.1. The molecule has 15 heavy (non-hydrogen) atoms. The highest BCUT2D eigenvalue weighted by Crippen LogP contribution is 2.10. The van der Waals surface area contributed by atoms with Crippen LogP contribution >= 0.6 is 0 Å². The van der Waals surface area contributed by atoms with Gasteiger partial charge in [-0.1, -0.05) is 6.07 Å². The van der Waals surface area contributed by atoms with Gasteiger partial charge in [0.15, 0.2) is 0 Å². The van der Waals surface area contributed by atoms with Gasteiger partial charge in [0.2, 0.25) is 5.70 Å². The van der Waals surface area contributed by atoms with Crippen molar-refractivity contribution in [1.82, 2.24) is 4.40 Å². The van der Waals surface area contributed by atoms with Crippen LogP contribution in [0.5, 0.6) is 0 Å². The zero-order valence-corrected chi connectivity index (χ0v) is 8.25. The molecule has 4 nitrogen and oxygen atoms in total. The van der Waals surface area contributed by atoms with E-state index in [1.165, 1.54) is 6.92 Å². The summed E-state index contributed by atoms with van der Waals surface area (Å²) in [7, 11) is 0. The van der Waals surface area contributed by atoms with Crippen molar-refractivity contribution in [1.29, 1.82) is 0 Å². The SMILES string of the molecule is C/C(=C\c1ccc2cccn2c1)[N+](=O)[O-]. The predicted molar refractivity (Wildman–Crippen MR) is 58.0 cm³/mol. The van der Waals surface area contributed by atoms with E-state index in [0.717, 1.165) is 11.1 Å². The fraction of sp³-hybridized carbons (Fsp3) is 0.0909. The lowest BCUT2D eigenvalue weighted by Gasteiger charge is -1.97. The molecule has 0 saturated heterocycles. The number of fused-ring (bicyclic) bond motifs is 1. The van der Waals surface area contributed by atoms with Gasteiger partial charge in [-0.3, -0.25) is 10.1 Å². The van der Waals surface area contributed by atoms with Crippen LogP contribution in [0.1, 0.15) is 12.5 Å². The Bertz CT molecular complexity index is 540. The predicted octanol–water partition coefficient (Wildman–Crippen LogP) is 2.58. The maximum atomic E-state index is 10.4. The van der Waals surface area contributed by atoms with E-state index < -0.39 is 0 Å². The molecule has 0 N–H and O–H groups in total. The molecule has 0 aromatic carbocycles. The second kappa shape index (κ2) is 3.57. The van der Waals surface area contributed by atoms with Crippen LogP contribution in [0.15, 0.2) is 42.4 Å². The highest BCUT2D eigenvalue weighted by atomic mass is 16.6. The molecule has 0 aliphatic rings. The number of hydrogen-bond donors (Lipinski definition) is 0.